The standard InChI is InChI=1S/C22H29NO/c1-4-6-7-8-9-12-17-16(3)21(24-5-2)15-19-18-13-10-11-14-20(18)23-22(17)19/h10-11,13-15,23H,4-9,12H2,1-3H3. The van der Waals surface area contributed by atoms with Gasteiger partial charge in [-0.25, -0.2) is 0 Å². The Morgan fingerprint density at radius 3 is 2.54 bits per heavy atom. The van der Waals surface area contributed by atoms with Gasteiger partial charge in [-0.2, -0.15) is 0 Å². The van der Waals surface area contributed by atoms with Gasteiger partial charge >= 0.3 is 0 Å². The lowest BCUT2D eigenvalue weighted by atomic mass is 9.97. The molecule has 0 saturated carbocycles. The number of para-hydroxylation sites is 1. The van der Waals surface area contributed by atoms with E-state index in [2.05, 4.69) is 56.1 Å². The third-order valence-corrected chi connectivity index (χ3v) is 4.98. The van der Waals surface area contributed by atoms with E-state index in [0.717, 1.165) is 12.2 Å². The second kappa shape index (κ2) is 7.74. The van der Waals surface area contributed by atoms with Gasteiger partial charge in [0.1, 0.15) is 5.75 Å². The lowest BCUT2D eigenvalue weighted by Crippen LogP contribution is -1.99. The fourth-order valence-corrected chi connectivity index (χ4v) is 3.65. The first-order chi connectivity index (χ1) is 11.8. The molecule has 3 rings (SSSR count). The zero-order valence-corrected chi connectivity index (χ0v) is 15.2. The topological polar surface area (TPSA) is 25.0 Å². The summed E-state index contributed by atoms with van der Waals surface area (Å²) in [5.41, 5.74) is 5.25. The molecular weight excluding hydrogens is 294 g/mol. The predicted molar refractivity (Wildman–Crippen MR) is 104 cm³/mol. The van der Waals surface area contributed by atoms with Crippen molar-refractivity contribution in [3.63, 3.8) is 0 Å². The van der Waals surface area contributed by atoms with Crippen molar-refractivity contribution in [2.24, 2.45) is 0 Å². The Labute approximate surface area is 145 Å². The number of unbranched alkanes of at least 4 members (excludes halogenated alkanes) is 4. The van der Waals surface area contributed by atoms with Gasteiger partial charge in [0, 0.05) is 16.3 Å². The van der Waals surface area contributed by atoms with Crippen LogP contribution in [0.15, 0.2) is 30.3 Å². The summed E-state index contributed by atoms with van der Waals surface area (Å²) in [4.78, 5) is 3.65. The van der Waals surface area contributed by atoms with Gasteiger partial charge in [0.25, 0.3) is 0 Å². The molecule has 1 heterocycles. The minimum atomic E-state index is 0.713. The monoisotopic (exact) mass is 323 g/mol. The molecule has 2 nitrogen and oxygen atoms in total. The number of fused-ring (bicyclic) bond motifs is 3. The molecule has 0 radical (unpaired) electrons. The lowest BCUT2D eigenvalue weighted by molar-refractivity contribution is 0.338. The van der Waals surface area contributed by atoms with Crippen LogP contribution < -0.4 is 4.74 Å². The lowest BCUT2D eigenvalue weighted by Gasteiger charge is -2.14. The van der Waals surface area contributed by atoms with Crippen molar-refractivity contribution in [2.75, 3.05) is 6.61 Å². The Hall–Kier alpha value is -1.96. The molecule has 0 unspecified atom stereocenters. The van der Waals surface area contributed by atoms with Crippen LogP contribution in [-0.2, 0) is 6.42 Å². The molecule has 2 aromatic carbocycles. The molecule has 1 N–H and O–H groups in total. The quantitative estimate of drug-likeness (QED) is 0.468. The molecule has 1 aromatic heterocycles. The summed E-state index contributed by atoms with van der Waals surface area (Å²) in [6.07, 6.45) is 7.68. The molecule has 3 aromatic rings. The van der Waals surface area contributed by atoms with Crippen molar-refractivity contribution >= 4 is 21.8 Å². The van der Waals surface area contributed by atoms with E-state index < -0.39 is 0 Å². The van der Waals surface area contributed by atoms with Gasteiger partial charge in [0.15, 0.2) is 0 Å². The van der Waals surface area contributed by atoms with E-state index in [0.29, 0.717) is 6.61 Å². The minimum Gasteiger partial charge on any atom is -0.494 e. The van der Waals surface area contributed by atoms with E-state index in [-0.39, 0.29) is 0 Å². The van der Waals surface area contributed by atoms with Crippen LogP contribution in [0.2, 0.25) is 0 Å². The number of hydrogen-bond donors (Lipinski definition) is 1. The second-order valence-electron chi connectivity index (χ2n) is 6.67. The summed E-state index contributed by atoms with van der Waals surface area (Å²) >= 11 is 0. The Morgan fingerprint density at radius 1 is 0.958 bits per heavy atom. The van der Waals surface area contributed by atoms with Crippen molar-refractivity contribution < 1.29 is 4.74 Å². The van der Waals surface area contributed by atoms with E-state index in [4.69, 9.17) is 4.74 Å². The molecule has 0 aliphatic carbocycles. The Balaban J connectivity index is 2.01. The van der Waals surface area contributed by atoms with Crippen LogP contribution in [0, 0.1) is 6.92 Å². The minimum absolute atomic E-state index is 0.713. The molecule has 128 valence electrons. The van der Waals surface area contributed by atoms with E-state index in [9.17, 15) is 0 Å². The van der Waals surface area contributed by atoms with Crippen molar-refractivity contribution in [1.29, 1.82) is 0 Å². The summed E-state index contributed by atoms with van der Waals surface area (Å²) in [5, 5.41) is 2.59. The number of H-pyrrole nitrogens is 1. The number of nitrogens with one attached hydrogen (secondary N) is 1. The zero-order chi connectivity index (χ0) is 16.9. The summed E-state index contributed by atoms with van der Waals surface area (Å²) in [5.74, 6) is 1.04. The van der Waals surface area contributed by atoms with Crippen LogP contribution >= 0.6 is 0 Å². The average molecular weight is 323 g/mol. The normalized spacial score (nSPS) is 11.5. The SMILES string of the molecule is CCCCCCCc1c(C)c(OCC)cc2c1[nH]c1ccccc12. The van der Waals surface area contributed by atoms with Gasteiger partial charge in [-0.05, 0) is 49.9 Å². The fraction of sp³-hybridized carbons (Fsp3) is 0.455. The predicted octanol–water partition coefficient (Wildman–Crippen LogP) is 6.54. The highest BCUT2D eigenvalue weighted by atomic mass is 16.5. The molecule has 0 aliphatic rings. The fourth-order valence-electron chi connectivity index (χ4n) is 3.65. The van der Waals surface area contributed by atoms with Crippen molar-refractivity contribution in [2.45, 2.75) is 59.3 Å². The highest BCUT2D eigenvalue weighted by Gasteiger charge is 2.14. The maximum atomic E-state index is 5.93. The molecule has 0 saturated heterocycles. The highest BCUT2D eigenvalue weighted by molar-refractivity contribution is 6.09. The molecule has 0 fully saturated rings. The van der Waals surface area contributed by atoms with Crippen LogP contribution in [0.25, 0.3) is 21.8 Å². The first kappa shape index (κ1) is 16.9. The molecule has 2 heteroatoms. The third-order valence-electron chi connectivity index (χ3n) is 4.98. The highest BCUT2D eigenvalue weighted by Crippen LogP contribution is 2.35. The number of aromatic nitrogens is 1. The van der Waals surface area contributed by atoms with Gasteiger partial charge < -0.3 is 9.72 Å². The summed E-state index contributed by atoms with van der Waals surface area (Å²) in [6, 6.07) is 10.8. The molecule has 0 aliphatic heterocycles. The van der Waals surface area contributed by atoms with Crippen LogP contribution in [-0.4, -0.2) is 11.6 Å². The number of aromatic amines is 1. The summed E-state index contributed by atoms with van der Waals surface area (Å²) < 4.78 is 5.93. The van der Waals surface area contributed by atoms with Gasteiger partial charge in [-0.3, -0.25) is 0 Å². The van der Waals surface area contributed by atoms with E-state index >= 15 is 0 Å². The van der Waals surface area contributed by atoms with E-state index in [1.165, 1.54) is 65.0 Å². The van der Waals surface area contributed by atoms with Gasteiger partial charge in [-0.15, -0.1) is 0 Å². The second-order valence-corrected chi connectivity index (χ2v) is 6.67. The Morgan fingerprint density at radius 2 is 1.75 bits per heavy atom. The van der Waals surface area contributed by atoms with Crippen molar-refractivity contribution in [3.05, 3.63) is 41.5 Å². The summed E-state index contributed by atoms with van der Waals surface area (Å²) in [7, 11) is 0. The molecule has 0 amide bonds. The number of rotatable bonds is 8. The van der Waals surface area contributed by atoms with Crippen LogP contribution in [0.5, 0.6) is 5.75 Å². The maximum Gasteiger partial charge on any atom is 0.123 e. The first-order valence-corrected chi connectivity index (χ1v) is 9.42. The van der Waals surface area contributed by atoms with Gasteiger partial charge in [-0.1, -0.05) is 50.8 Å². The number of aryl methyl sites for hydroxylation is 1. The summed E-state index contributed by atoms with van der Waals surface area (Å²) in [6.45, 7) is 7.25. The van der Waals surface area contributed by atoms with E-state index in [1.807, 2.05) is 0 Å². The molecular formula is C22H29NO. The average Bonchev–Trinajstić information content (AvgIpc) is 2.96. The van der Waals surface area contributed by atoms with E-state index in [1.54, 1.807) is 0 Å². The van der Waals surface area contributed by atoms with Crippen molar-refractivity contribution in [3.8, 4) is 5.75 Å². The number of ether oxygens (including phenoxy) is 1. The Bertz CT molecular complexity index is 816. The smallest absolute Gasteiger partial charge is 0.123 e. The first-order valence-electron chi connectivity index (χ1n) is 9.42. The van der Waals surface area contributed by atoms with Crippen LogP contribution in [0.3, 0.4) is 0 Å². The zero-order valence-electron chi connectivity index (χ0n) is 15.2. The molecule has 0 atom stereocenters. The van der Waals surface area contributed by atoms with Gasteiger partial charge in [0.05, 0.1) is 12.1 Å². The maximum absolute atomic E-state index is 5.93. The third kappa shape index (κ3) is 3.28. The Kier molecular flexibility index (Phi) is 5.44. The largest absolute Gasteiger partial charge is 0.494 e. The van der Waals surface area contributed by atoms with Crippen LogP contribution in [0.4, 0.5) is 0 Å². The van der Waals surface area contributed by atoms with Crippen molar-refractivity contribution in [1.82, 2.24) is 4.98 Å². The van der Waals surface area contributed by atoms with Crippen LogP contribution in [0.1, 0.15) is 57.1 Å². The molecule has 0 spiro atoms. The number of benzene rings is 2. The number of hydrogen-bond acceptors (Lipinski definition) is 1. The van der Waals surface area contributed by atoms with Gasteiger partial charge in [0.2, 0.25) is 0 Å². The molecule has 24 heavy (non-hydrogen) atoms. The molecule has 0 bridgehead atoms.